The zero-order chi connectivity index (χ0) is 15.2. The first-order valence-electron chi connectivity index (χ1n) is 6.77. The summed E-state index contributed by atoms with van der Waals surface area (Å²) in [6.07, 6.45) is 1.25. The molecule has 1 aliphatic rings. The Labute approximate surface area is 129 Å². The number of hydrogen-bond acceptors (Lipinski definition) is 5. The number of aliphatic imine (C=N–C) groups is 1. The molecule has 112 valence electrons. The number of nitrogens with one attached hydrogen (secondary N) is 2. The van der Waals surface area contributed by atoms with E-state index in [4.69, 9.17) is 11.6 Å². The lowest BCUT2D eigenvalue weighted by molar-refractivity contribution is -0.526. The molecule has 2 N–H and O–H groups in total. The largest absolute Gasteiger partial charge is 0.443 e. The van der Waals surface area contributed by atoms with Gasteiger partial charge in [0.2, 0.25) is 6.17 Å². The summed E-state index contributed by atoms with van der Waals surface area (Å²) in [5, 5.41) is 0.610. The van der Waals surface area contributed by atoms with Crippen LogP contribution in [0.1, 0.15) is 18.7 Å². The number of halogens is 1. The molecule has 1 heterocycles. The highest BCUT2D eigenvalue weighted by atomic mass is 35.5. The van der Waals surface area contributed by atoms with E-state index in [2.05, 4.69) is 22.4 Å². The number of guanidine groups is 1. The molecule has 21 heavy (non-hydrogen) atoms. The summed E-state index contributed by atoms with van der Waals surface area (Å²) >= 11 is 6.03. The van der Waals surface area contributed by atoms with E-state index in [1.54, 1.807) is 18.2 Å². The first-order chi connectivity index (χ1) is 10.2. The van der Waals surface area contributed by atoms with E-state index in [1.807, 2.05) is 24.0 Å². The van der Waals surface area contributed by atoms with Gasteiger partial charge in [-0.25, -0.2) is 4.90 Å². The van der Waals surface area contributed by atoms with Crippen LogP contribution in [0.5, 0.6) is 0 Å². The van der Waals surface area contributed by atoms with Crippen molar-refractivity contribution in [2.45, 2.75) is 13.1 Å². The SMILES string of the molecule is C=CCNNC1=NCN(CC)C(c2cccc(Cl)c2)[N+]1=O. The van der Waals surface area contributed by atoms with Crippen LogP contribution < -0.4 is 10.9 Å². The summed E-state index contributed by atoms with van der Waals surface area (Å²) in [7, 11) is 0. The molecule has 0 aliphatic carbocycles. The number of hydrogen-bond donors (Lipinski definition) is 2. The van der Waals surface area contributed by atoms with Crippen molar-refractivity contribution < 1.29 is 4.76 Å². The van der Waals surface area contributed by atoms with E-state index >= 15 is 0 Å². The third-order valence-electron chi connectivity index (χ3n) is 3.18. The number of benzene rings is 1. The molecule has 0 aromatic heterocycles. The highest BCUT2D eigenvalue weighted by Gasteiger charge is 2.37. The smallest absolute Gasteiger partial charge is 0.231 e. The molecular formula is C14H19ClN5O+. The lowest BCUT2D eigenvalue weighted by Gasteiger charge is -2.28. The maximum absolute atomic E-state index is 12.6. The van der Waals surface area contributed by atoms with Gasteiger partial charge in [0.05, 0.1) is 0 Å². The van der Waals surface area contributed by atoms with Crippen LogP contribution in [0.3, 0.4) is 0 Å². The Balaban J connectivity index is 2.23. The van der Waals surface area contributed by atoms with Gasteiger partial charge >= 0.3 is 5.96 Å². The molecule has 7 heteroatoms. The summed E-state index contributed by atoms with van der Waals surface area (Å²) < 4.78 is 0.856. The van der Waals surface area contributed by atoms with E-state index in [9.17, 15) is 4.91 Å². The average molecular weight is 309 g/mol. The highest BCUT2D eigenvalue weighted by molar-refractivity contribution is 6.30. The Morgan fingerprint density at radius 2 is 2.43 bits per heavy atom. The Morgan fingerprint density at radius 3 is 3.10 bits per heavy atom. The van der Waals surface area contributed by atoms with Crippen LogP contribution in [0, 0.1) is 4.91 Å². The van der Waals surface area contributed by atoms with Crippen LogP contribution in [0.15, 0.2) is 41.9 Å². The second-order valence-corrected chi connectivity index (χ2v) is 5.01. The van der Waals surface area contributed by atoms with Gasteiger partial charge in [-0.05, 0) is 16.9 Å². The minimum Gasteiger partial charge on any atom is -0.231 e. The third-order valence-corrected chi connectivity index (χ3v) is 3.41. The highest BCUT2D eigenvalue weighted by Crippen LogP contribution is 2.26. The van der Waals surface area contributed by atoms with Crippen LogP contribution in [0.25, 0.3) is 0 Å². The van der Waals surface area contributed by atoms with Crippen LogP contribution in [-0.2, 0) is 0 Å². The van der Waals surface area contributed by atoms with E-state index in [0.29, 0.717) is 24.8 Å². The maximum atomic E-state index is 12.6. The monoisotopic (exact) mass is 308 g/mol. The van der Waals surface area contributed by atoms with Crippen molar-refractivity contribution in [1.29, 1.82) is 0 Å². The van der Waals surface area contributed by atoms with Gasteiger partial charge in [-0.2, -0.15) is 10.9 Å². The van der Waals surface area contributed by atoms with Crippen molar-refractivity contribution in [1.82, 2.24) is 15.8 Å². The second-order valence-electron chi connectivity index (χ2n) is 4.58. The van der Waals surface area contributed by atoms with Crippen LogP contribution in [0.2, 0.25) is 5.02 Å². The zero-order valence-corrected chi connectivity index (χ0v) is 12.7. The van der Waals surface area contributed by atoms with Crippen molar-refractivity contribution in [2.75, 3.05) is 19.8 Å². The molecule has 1 aromatic rings. The van der Waals surface area contributed by atoms with Crippen molar-refractivity contribution in [2.24, 2.45) is 4.99 Å². The Morgan fingerprint density at radius 1 is 1.62 bits per heavy atom. The molecule has 0 amide bonds. The van der Waals surface area contributed by atoms with Gasteiger partial charge in [-0.3, -0.25) is 0 Å². The van der Waals surface area contributed by atoms with Gasteiger partial charge in [-0.15, -0.1) is 6.58 Å². The van der Waals surface area contributed by atoms with Crippen molar-refractivity contribution in [3.05, 3.63) is 52.4 Å². The van der Waals surface area contributed by atoms with E-state index < -0.39 is 6.17 Å². The molecule has 0 fully saturated rings. The van der Waals surface area contributed by atoms with Crippen molar-refractivity contribution >= 4 is 17.6 Å². The van der Waals surface area contributed by atoms with Gasteiger partial charge in [-0.1, -0.05) is 46.6 Å². The number of hydrazine groups is 1. The predicted octanol–water partition coefficient (Wildman–Crippen LogP) is 2.05. The third kappa shape index (κ3) is 3.66. The van der Waals surface area contributed by atoms with Crippen LogP contribution in [-0.4, -0.2) is 35.4 Å². The predicted molar refractivity (Wildman–Crippen MR) is 83.8 cm³/mol. The quantitative estimate of drug-likeness (QED) is 0.378. The van der Waals surface area contributed by atoms with Crippen LogP contribution in [0.4, 0.5) is 0 Å². The lowest BCUT2D eigenvalue weighted by Crippen LogP contribution is -2.51. The Hall–Kier alpha value is -1.76. The Bertz CT molecular complexity index is 560. The molecule has 0 saturated heterocycles. The van der Waals surface area contributed by atoms with E-state index in [0.717, 1.165) is 10.3 Å². The fourth-order valence-electron chi connectivity index (χ4n) is 2.15. The molecule has 0 bridgehead atoms. The normalized spacial score (nSPS) is 19.2. The van der Waals surface area contributed by atoms with Crippen molar-refractivity contribution in [3.63, 3.8) is 0 Å². The minimum absolute atomic E-state index is 0.256. The average Bonchev–Trinajstić information content (AvgIpc) is 2.48. The van der Waals surface area contributed by atoms with Crippen LogP contribution >= 0.6 is 11.6 Å². The molecule has 0 radical (unpaired) electrons. The number of rotatable bonds is 5. The molecule has 1 atom stereocenters. The molecular weight excluding hydrogens is 290 g/mol. The minimum atomic E-state index is -0.445. The number of nitroso groups, excluding NO2 is 1. The summed E-state index contributed by atoms with van der Waals surface area (Å²) in [4.78, 5) is 18.8. The molecule has 1 aromatic carbocycles. The molecule has 1 unspecified atom stereocenters. The first kappa shape index (κ1) is 15.6. The summed E-state index contributed by atoms with van der Waals surface area (Å²) in [6.45, 7) is 7.30. The zero-order valence-electron chi connectivity index (χ0n) is 11.9. The van der Waals surface area contributed by atoms with E-state index in [1.165, 1.54) is 0 Å². The fourth-order valence-corrected chi connectivity index (χ4v) is 2.35. The molecule has 6 nitrogen and oxygen atoms in total. The van der Waals surface area contributed by atoms with Crippen molar-refractivity contribution in [3.8, 4) is 0 Å². The topological polar surface area (TPSA) is 59.7 Å². The van der Waals surface area contributed by atoms with Gasteiger partial charge < -0.3 is 0 Å². The first-order valence-corrected chi connectivity index (χ1v) is 7.15. The molecule has 0 spiro atoms. The van der Waals surface area contributed by atoms with E-state index in [-0.39, 0.29) is 5.96 Å². The van der Waals surface area contributed by atoms with Gasteiger partial charge in [0.1, 0.15) is 0 Å². The standard InChI is InChI=1S/C14H19ClN5O/c1-3-8-17-18-14-16-10-19(4-2)13(20(14)21)11-6-5-7-12(15)9-11/h3,5-7,9,13,17H,1,4,8,10H2,2H3,(H,16,18)/q+1. The summed E-state index contributed by atoms with van der Waals surface area (Å²) in [6, 6.07) is 7.33. The maximum Gasteiger partial charge on any atom is 0.443 e. The van der Waals surface area contributed by atoms with Gasteiger partial charge in [0, 0.05) is 23.7 Å². The number of nitrogens with zero attached hydrogens (tertiary/aromatic N) is 3. The molecule has 1 aliphatic heterocycles. The van der Waals surface area contributed by atoms with Gasteiger partial charge in [0.25, 0.3) is 0 Å². The molecule has 0 saturated carbocycles. The Kier molecular flexibility index (Phi) is 5.44. The molecule has 2 rings (SSSR count). The second kappa shape index (κ2) is 7.31. The summed E-state index contributed by atoms with van der Waals surface area (Å²) in [5.74, 6) is 0.256. The lowest BCUT2D eigenvalue weighted by atomic mass is 10.1. The fraction of sp³-hybridized carbons (Fsp3) is 0.357. The van der Waals surface area contributed by atoms with Gasteiger partial charge in [0.15, 0.2) is 6.67 Å². The summed E-state index contributed by atoms with van der Waals surface area (Å²) in [5.41, 5.74) is 6.52.